The van der Waals surface area contributed by atoms with Gasteiger partial charge in [-0.25, -0.2) is 0 Å². The molecule has 2 aromatic carbocycles. The van der Waals surface area contributed by atoms with Crippen LogP contribution in [0.15, 0.2) is 54.6 Å². The number of hydrogen-bond donors (Lipinski definition) is 0. The minimum atomic E-state index is 0.0213. The number of rotatable bonds is 4. The van der Waals surface area contributed by atoms with Crippen LogP contribution in [0.25, 0.3) is 0 Å². The summed E-state index contributed by atoms with van der Waals surface area (Å²) in [5, 5.41) is 0. The van der Waals surface area contributed by atoms with Crippen molar-refractivity contribution in [3.05, 3.63) is 71.3 Å². The van der Waals surface area contributed by atoms with Crippen LogP contribution in [0.3, 0.4) is 0 Å². The lowest BCUT2D eigenvalue weighted by molar-refractivity contribution is -0.0426. The van der Waals surface area contributed by atoms with Crippen molar-refractivity contribution < 1.29 is 4.74 Å². The predicted octanol–water partition coefficient (Wildman–Crippen LogP) is 5.72. The highest BCUT2D eigenvalue weighted by Crippen LogP contribution is 2.39. The summed E-state index contributed by atoms with van der Waals surface area (Å²) in [4.78, 5) is 2.58. The zero-order chi connectivity index (χ0) is 19.0. The second-order valence-corrected chi connectivity index (χ2v) is 9.44. The number of fused-ring (bicyclic) bond motifs is 2. The average Bonchev–Trinajstić information content (AvgIpc) is 2.87. The maximum Gasteiger partial charge on any atom is 0.108 e. The highest BCUT2D eigenvalue weighted by Gasteiger charge is 2.39. The van der Waals surface area contributed by atoms with Gasteiger partial charge in [-0.05, 0) is 54.8 Å². The van der Waals surface area contributed by atoms with E-state index in [1.807, 2.05) is 0 Å². The van der Waals surface area contributed by atoms with Crippen molar-refractivity contribution in [2.24, 2.45) is 0 Å². The summed E-state index contributed by atoms with van der Waals surface area (Å²) in [6, 6.07) is 21.2. The van der Waals surface area contributed by atoms with Crippen molar-refractivity contribution in [1.29, 1.82) is 0 Å². The molecule has 2 aromatic rings. The van der Waals surface area contributed by atoms with Gasteiger partial charge in [0, 0.05) is 12.1 Å². The molecule has 2 aliphatic heterocycles. The van der Waals surface area contributed by atoms with Crippen molar-refractivity contribution in [1.82, 2.24) is 4.90 Å². The monoisotopic (exact) mass is 363 g/mol. The summed E-state index contributed by atoms with van der Waals surface area (Å²) in [6.45, 7) is 6.80. The first-order chi connectivity index (χ1) is 12.9. The third-order valence-electron chi connectivity index (χ3n) is 6.57. The van der Waals surface area contributed by atoms with Crippen LogP contribution < -0.4 is 0 Å². The molecular weight excluding hydrogens is 330 g/mol. The van der Waals surface area contributed by atoms with E-state index in [0.717, 1.165) is 12.8 Å². The Balaban J connectivity index is 1.59. The quantitative estimate of drug-likeness (QED) is 0.689. The molecule has 4 rings (SSSR count). The molecule has 2 fully saturated rings. The van der Waals surface area contributed by atoms with Gasteiger partial charge in [0.25, 0.3) is 0 Å². The number of ether oxygens (including phenoxy) is 1. The molecule has 0 amide bonds. The van der Waals surface area contributed by atoms with Gasteiger partial charge in [0.2, 0.25) is 0 Å². The largest absolute Gasteiger partial charge is 0.365 e. The molecule has 2 nitrogen and oxygen atoms in total. The third-order valence-corrected chi connectivity index (χ3v) is 6.57. The van der Waals surface area contributed by atoms with E-state index in [0.29, 0.717) is 18.2 Å². The van der Waals surface area contributed by atoms with E-state index in [-0.39, 0.29) is 11.5 Å². The minimum absolute atomic E-state index is 0.0213. The van der Waals surface area contributed by atoms with E-state index < -0.39 is 0 Å². The molecular formula is C25H33NO. The molecule has 0 radical (unpaired) electrons. The number of piperidine rings is 1. The molecule has 2 aliphatic rings. The average molecular weight is 364 g/mol. The Morgan fingerprint density at radius 1 is 0.852 bits per heavy atom. The molecule has 0 N–H and O–H groups in total. The number of hydrogen-bond acceptors (Lipinski definition) is 2. The van der Waals surface area contributed by atoms with Crippen LogP contribution in [0, 0.1) is 0 Å². The standard InChI is InChI=1S/C25H33NO/c1-25(2,3)20-12-10-19(11-13-20)24(18-8-6-5-7-9-18)27-23-16-21-14-15-22(17-23)26(21)4/h5-13,21-24H,14-17H2,1-4H3/t21-,22+,23?,24?. The van der Waals surface area contributed by atoms with Gasteiger partial charge >= 0.3 is 0 Å². The van der Waals surface area contributed by atoms with E-state index in [1.165, 1.54) is 29.5 Å². The Kier molecular flexibility index (Phi) is 5.13. The van der Waals surface area contributed by atoms with Crippen molar-refractivity contribution in [3.8, 4) is 0 Å². The predicted molar refractivity (Wildman–Crippen MR) is 112 cm³/mol. The zero-order valence-electron chi connectivity index (χ0n) is 17.2. The van der Waals surface area contributed by atoms with E-state index in [1.54, 1.807) is 0 Å². The number of benzene rings is 2. The first-order valence-electron chi connectivity index (χ1n) is 10.4. The highest BCUT2D eigenvalue weighted by atomic mass is 16.5. The SMILES string of the molecule is CN1[C@@H]2CC[C@H]1CC(OC(c1ccccc1)c1ccc(C(C)(C)C)cc1)C2. The third kappa shape index (κ3) is 3.97. The summed E-state index contributed by atoms with van der Waals surface area (Å²) in [7, 11) is 2.29. The molecule has 2 heteroatoms. The lowest BCUT2D eigenvalue weighted by atomic mass is 9.86. The van der Waals surface area contributed by atoms with Crippen molar-refractivity contribution in [2.45, 2.75) is 76.2 Å². The Bertz CT molecular complexity index is 732. The van der Waals surface area contributed by atoms with Crippen LogP contribution in [-0.4, -0.2) is 30.1 Å². The molecule has 2 heterocycles. The molecule has 0 aromatic heterocycles. The zero-order valence-corrected chi connectivity index (χ0v) is 17.2. The maximum absolute atomic E-state index is 6.79. The highest BCUT2D eigenvalue weighted by molar-refractivity contribution is 5.34. The number of nitrogens with zero attached hydrogens (tertiary/aromatic N) is 1. The Morgan fingerprint density at radius 3 is 1.96 bits per heavy atom. The smallest absolute Gasteiger partial charge is 0.108 e. The molecule has 2 bridgehead atoms. The van der Waals surface area contributed by atoms with Gasteiger partial charge in [-0.3, -0.25) is 0 Å². The van der Waals surface area contributed by atoms with Gasteiger partial charge in [0.1, 0.15) is 6.10 Å². The van der Waals surface area contributed by atoms with Gasteiger partial charge in [-0.1, -0.05) is 75.4 Å². The topological polar surface area (TPSA) is 12.5 Å². The summed E-state index contributed by atoms with van der Waals surface area (Å²) in [5.41, 5.74) is 4.07. The fourth-order valence-corrected chi connectivity index (χ4v) is 4.80. The molecule has 4 atom stereocenters. The van der Waals surface area contributed by atoms with Gasteiger partial charge in [-0.2, -0.15) is 0 Å². The van der Waals surface area contributed by atoms with Crippen molar-refractivity contribution in [3.63, 3.8) is 0 Å². The fraction of sp³-hybridized carbons (Fsp3) is 0.520. The molecule has 0 saturated carbocycles. The van der Waals surface area contributed by atoms with Gasteiger partial charge < -0.3 is 9.64 Å². The van der Waals surface area contributed by atoms with Crippen molar-refractivity contribution in [2.75, 3.05) is 7.05 Å². The van der Waals surface area contributed by atoms with E-state index in [9.17, 15) is 0 Å². The van der Waals surface area contributed by atoms with E-state index >= 15 is 0 Å². The van der Waals surface area contributed by atoms with E-state index in [4.69, 9.17) is 4.74 Å². The molecule has 144 valence electrons. The van der Waals surface area contributed by atoms with Crippen LogP contribution in [0.1, 0.15) is 69.2 Å². The van der Waals surface area contributed by atoms with Gasteiger partial charge in [0.15, 0.2) is 0 Å². The molecule has 2 saturated heterocycles. The van der Waals surface area contributed by atoms with Crippen LogP contribution in [0.4, 0.5) is 0 Å². The second-order valence-electron chi connectivity index (χ2n) is 9.44. The first kappa shape index (κ1) is 18.7. The normalized spacial score (nSPS) is 26.9. The van der Waals surface area contributed by atoms with E-state index in [2.05, 4.69) is 87.3 Å². The van der Waals surface area contributed by atoms with Crippen LogP contribution in [0.2, 0.25) is 0 Å². The summed E-state index contributed by atoms with van der Waals surface area (Å²) >= 11 is 0. The Labute approximate surface area is 164 Å². The summed E-state index contributed by atoms with van der Waals surface area (Å²) < 4.78 is 6.79. The van der Waals surface area contributed by atoms with Crippen LogP contribution in [0.5, 0.6) is 0 Å². The molecule has 0 aliphatic carbocycles. The summed E-state index contributed by atoms with van der Waals surface area (Å²) in [6.07, 6.45) is 5.36. The Morgan fingerprint density at radius 2 is 1.41 bits per heavy atom. The van der Waals surface area contributed by atoms with Crippen LogP contribution >= 0.6 is 0 Å². The fourth-order valence-electron chi connectivity index (χ4n) is 4.80. The van der Waals surface area contributed by atoms with Gasteiger partial charge in [0.05, 0.1) is 6.10 Å². The lowest BCUT2D eigenvalue weighted by Gasteiger charge is -2.38. The lowest BCUT2D eigenvalue weighted by Crippen LogP contribution is -2.43. The van der Waals surface area contributed by atoms with Crippen LogP contribution in [-0.2, 0) is 10.2 Å². The Hall–Kier alpha value is -1.64. The minimum Gasteiger partial charge on any atom is -0.365 e. The van der Waals surface area contributed by atoms with Gasteiger partial charge in [-0.15, -0.1) is 0 Å². The summed E-state index contributed by atoms with van der Waals surface area (Å²) in [5.74, 6) is 0. The molecule has 2 unspecified atom stereocenters. The second kappa shape index (κ2) is 7.41. The van der Waals surface area contributed by atoms with Crippen molar-refractivity contribution >= 4 is 0 Å². The molecule has 27 heavy (non-hydrogen) atoms. The molecule has 0 spiro atoms. The maximum atomic E-state index is 6.79. The first-order valence-corrected chi connectivity index (χ1v) is 10.4.